The summed E-state index contributed by atoms with van der Waals surface area (Å²) in [4.78, 5) is 2.54. The van der Waals surface area contributed by atoms with E-state index in [9.17, 15) is 5.11 Å². The molecule has 1 N–H and O–H groups in total. The number of hydrogen-bond acceptors (Lipinski definition) is 2. The first-order valence-corrected chi connectivity index (χ1v) is 10.3. The lowest BCUT2D eigenvalue weighted by Crippen LogP contribution is -2.43. The van der Waals surface area contributed by atoms with Gasteiger partial charge in [-0.1, -0.05) is 42.0 Å². The van der Waals surface area contributed by atoms with Crippen molar-refractivity contribution in [1.29, 1.82) is 0 Å². The van der Waals surface area contributed by atoms with E-state index in [4.69, 9.17) is 0 Å². The van der Waals surface area contributed by atoms with Crippen molar-refractivity contribution >= 4 is 10.9 Å². The molecule has 27 heavy (non-hydrogen) atoms. The number of aryl methyl sites for hydroxylation is 2. The molecule has 5 rings (SSSR count). The van der Waals surface area contributed by atoms with Crippen LogP contribution in [0, 0.1) is 6.92 Å². The van der Waals surface area contributed by atoms with Gasteiger partial charge in [0.15, 0.2) is 0 Å². The highest BCUT2D eigenvalue weighted by molar-refractivity contribution is 5.87. The van der Waals surface area contributed by atoms with Gasteiger partial charge in [-0.15, -0.1) is 0 Å². The molecule has 2 heterocycles. The summed E-state index contributed by atoms with van der Waals surface area (Å²) in [6.07, 6.45) is 4.07. The van der Waals surface area contributed by atoms with Crippen molar-refractivity contribution in [3.05, 3.63) is 70.9 Å². The third-order valence-electron chi connectivity index (χ3n) is 6.40. The minimum atomic E-state index is -0.309. The highest BCUT2D eigenvalue weighted by Gasteiger charge is 2.35. The van der Waals surface area contributed by atoms with Gasteiger partial charge in [0.25, 0.3) is 0 Å². The smallest absolute Gasteiger partial charge is 0.0707 e. The van der Waals surface area contributed by atoms with Crippen LogP contribution < -0.4 is 0 Å². The van der Waals surface area contributed by atoms with E-state index in [0.29, 0.717) is 6.04 Å². The summed E-state index contributed by atoms with van der Waals surface area (Å²) < 4.78 is 2.56. The predicted molar refractivity (Wildman–Crippen MR) is 110 cm³/mol. The highest BCUT2D eigenvalue weighted by Crippen LogP contribution is 2.42. The standard InChI is InChI=1S/C24H28N2O/c1-17-10-11-22-21(14-17)20-8-5-9-23-24(20)26(22)13-12-25(23)16-19(27)15-18-6-3-2-4-7-18/h2-4,6-7,10-11,14,19,23,27H,5,8-9,12-13,15-16H2,1H3/t19-,23-/m1/s1. The second kappa shape index (κ2) is 6.81. The topological polar surface area (TPSA) is 28.4 Å². The molecule has 3 heteroatoms. The Morgan fingerprint density at radius 2 is 1.96 bits per heavy atom. The maximum atomic E-state index is 10.7. The summed E-state index contributed by atoms with van der Waals surface area (Å²) in [5, 5.41) is 12.2. The van der Waals surface area contributed by atoms with E-state index in [1.54, 1.807) is 5.56 Å². The van der Waals surface area contributed by atoms with Crippen LogP contribution in [0.15, 0.2) is 48.5 Å². The number of aromatic nitrogens is 1. The van der Waals surface area contributed by atoms with Crippen LogP contribution in [0.25, 0.3) is 10.9 Å². The molecule has 2 aromatic carbocycles. The number of nitrogens with zero attached hydrogens (tertiary/aromatic N) is 2. The normalized spacial score (nSPS) is 20.6. The first kappa shape index (κ1) is 17.0. The van der Waals surface area contributed by atoms with E-state index in [1.807, 2.05) is 6.07 Å². The molecule has 2 aliphatic rings. The number of hydrogen-bond donors (Lipinski definition) is 1. The van der Waals surface area contributed by atoms with Crippen molar-refractivity contribution in [1.82, 2.24) is 9.47 Å². The van der Waals surface area contributed by atoms with Crippen molar-refractivity contribution in [3.8, 4) is 0 Å². The van der Waals surface area contributed by atoms with Gasteiger partial charge in [0.1, 0.15) is 0 Å². The van der Waals surface area contributed by atoms with Crippen LogP contribution in [0.2, 0.25) is 0 Å². The van der Waals surface area contributed by atoms with E-state index in [-0.39, 0.29) is 6.10 Å². The van der Waals surface area contributed by atoms with Gasteiger partial charge in [-0.3, -0.25) is 4.90 Å². The summed E-state index contributed by atoms with van der Waals surface area (Å²) in [7, 11) is 0. The number of β-amino-alcohol motifs (C(OH)–C–C–N with tert-alkyl or cyclic N) is 1. The molecule has 1 aliphatic heterocycles. The fourth-order valence-corrected chi connectivity index (χ4v) is 5.23. The van der Waals surface area contributed by atoms with Crippen LogP contribution in [0.5, 0.6) is 0 Å². The van der Waals surface area contributed by atoms with Crippen molar-refractivity contribution in [2.75, 3.05) is 13.1 Å². The second-order valence-corrected chi connectivity index (χ2v) is 8.28. The van der Waals surface area contributed by atoms with E-state index >= 15 is 0 Å². The van der Waals surface area contributed by atoms with Crippen molar-refractivity contribution in [3.63, 3.8) is 0 Å². The van der Waals surface area contributed by atoms with E-state index in [1.165, 1.54) is 47.0 Å². The fraction of sp³-hybridized carbons (Fsp3) is 0.417. The summed E-state index contributed by atoms with van der Waals surface area (Å²) in [6, 6.07) is 17.7. The van der Waals surface area contributed by atoms with E-state index < -0.39 is 0 Å². The van der Waals surface area contributed by atoms with Crippen LogP contribution in [-0.4, -0.2) is 33.8 Å². The molecule has 1 aromatic heterocycles. The van der Waals surface area contributed by atoms with Gasteiger partial charge in [-0.25, -0.2) is 0 Å². The molecule has 0 amide bonds. The Labute approximate surface area is 161 Å². The molecule has 140 valence electrons. The summed E-state index contributed by atoms with van der Waals surface area (Å²) in [5.41, 5.74) is 7.06. The SMILES string of the molecule is Cc1ccc2c(c1)c1c3n2CCN(C[C@H](O)Cc2ccccc2)[C@@H]3CCC1. The Hall–Kier alpha value is -2.10. The summed E-state index contributed by atoms with van der Waals surface area (Å²) >= 11 is 0. The van der Waals surface area contributed by atoms with E-state index in [2.05, 4.69) is 58.9 Å². The van der Waals surface area contributed by atoms with Crippen LogP contribution in [-0.2, 0) is 19.4 Å². The first-order chi connectivity index (χ1) is 13.2. The van der Waals surface area contributed by atoms with Crippen molar-refractivity contribution < 1.29 is 5.11 Å². The summed E-state index contributed by atoms with van der Waals surface area (Å²) in [5.74, 6) is 0. The highest BCUT2D eigenvalue weighted by atomic mass is 16.3. The molecule has 0 radical (unpaired) electrons. The van der Waals surface area contributed by atoms with Crippen molar-refractivity contribution in [2.45, 2.75) is 51.3 Å². The van der Waals surface area contributed by atoms with Crippen LogP contribution in [0.4, 0.5) is 0 Å². The van der Waals surface area contributed by atoms with Gasteiger partial charge >= 0.3 is 0 Å². The minimum Gasteiger partial charge on any atom is -0.391 e. The number of rotatable bonds is 4. The largest absolute Gasteiger partial charge is 0.391 e. The van der Waals surface area contributed by atoms with Gasteiger partial charge in [0, 0.05) is 36.2 Å². The Morgan fingerprint density at radius 1 is 1.11 bits per heavy atom. The quantitative estimate of drug-likeness (QED) is 0.753. The Balaban J connectivity index is 1.43. The van der Waals surface area contributed by atoms with Gasteiger partial charge in [0.05, 0.1) is 12.1 Å². The maximum absolute atomic E-state index is 10.7. The monoisotopic (exact) mass is 360 g/mol. The molecule has 0 bridgehead atoms. The second-order valence-electron chi connectivity index (χ2n) is 8.28. The summed E-state index contributed by atoms with van der Waals surface area (Å²) in [6.45, 7) is 5.01. The van der Waals surface area contributed by atoms with Gasteiger partial charge < -0.3 is 9.67 Å². The minimum absolute atomic E-state index is 0.309. The molecule has 3 nitrogen and oxygen atoms in total. The first-order valence-electron chi connectivity index (χ1n) is 10.3. The van der Waals surface area contributed by atoms with Crippen LogP contribution >= 0.6 is 0 Å². The zero-order chi connectivity index (χ0) is 18.4. The van der Waals surface area contributed by atoms with Crippen LogP contribution in [0.1, 0.15) is 41.3 Å². The number of aliphatic hydroxyl groups is 1. The maximum Gasteiger partial charge on any atom is 0.0707 e. The van der Waals surface area contributed by atoms with Gasteiger partial charge in [-0.05, 0) is 55.9 Å². The average Bonchev–Trinajstić information content (AvgIpc) is 2.99. The molecule has 0 fully saturated rings. The Morgan fingerprint density at radius 3 is 2.81 bits per heavy atom. The molecule has 0 saturated carbocycles. The molecule has 2 atom stereocenters. The van der Waals surface area contributed by atoms with Gasteiger partial charge in [0.2, 0.25) is 0 Å². The Bertz CT molecular complexity index is 959. The molecule has 0 saturated heterocycles. The molecule has 3 aromatic rings. The predicted octanol–water partition coefficient (Wildman–Crippen LogP) is 4.25. The van der Waals surface area contributed by atoms with Gasteiger partial charge in [-0.2, -0.15) is 0 Å². The van der Waals surface area contributed by atoms with E-state index in [0.717, 1.165) is 26.1 Å². The molecule has 0 spiro atoms. The molecular weight excluding hydrogens is 332 g/mol. The zero-order valence-corrected chi connectivity index (χ0v) is 16.1. The molecular formula is C24H28N2O. The lowest BCUT2D eigenvalue weighted by molar-refractivity contribution is 0.0644. The number of aliphatic hydroxyl groups excluding tert-OH is 1. The zero-order valence-electron chi connectivity index (χ0n) is 16.1. The average molecular weight is 361 g/mol. The lowest BCUT2D eigenvalue weighted by Gasteiger charge is -2.40. The third-order valence-corrected chi connectivity index (χ3v) is 6.40. The number of fused-ring (bicyclic) bond motifs is 3. The Kier molecular flexibility index (Phi) is 4.30. The van der Waals surface area contributed by atoms with Crippen LogP contribution in [0.3, 0.4) is 0 Å². The fourth-order valence-electron chi connectivity index (χ4n) is 5.23. The molecule has 0 unspecified atom stereocenters. The number of benzene rings is 2. The van der Waals surface area contributed by atoms with Crippen molar-refractivity contribution in [2.24, 2.45) is 0 Å². The lowest BCUT2D eigenvalue weighted by atomic mass is 9.89. The molecule has 1 aliphatic carbocycles. The third kappa shape index (κ3) is 2.99.